The number of rotatable bonds is 8. The Morgan fingerprint density at radius 2 is 2.17 bits per heavy atom. The lowest BCUT2D eigenvalue weighted by Gasteiger charge is -2.17. The Hall–Kier alpha value is -0.190. The number of nitrogens with one attached hydrogen (secondary N) is 1. The van der Waals surface area contributed by atoms with Gasteiger partial charge in [-0.3, -0.25) is 4.68 Å². The van der Waals surface area contributed by atoms with Crippen LogP contribution in [0.4, 0.5) is 0 Å². The highest BCUT2D eigenvalue weighted by atomic mass is 35.5. The van der Waals surface area contributed by atoms with Gasteiger partial charge in [-0.05, 0) is 31.4 Å². The molecule has 0 spiro atoms. The maximum Gasteiger partial charge on any atom is 0.0850 e. The summed E-state index contributed by atoms with van der Waals surface area (Å²) in [5.74, 6) is 1.17. The molecule has 0 aromatic carbocycles. The van der Waals surface area contributed by atoms with E-state index in [0.717, 1.165) is 42.2 Å². The quantitative estimate of drug-likeness (QED) is 0.798. The van der Waals surface area contributed by atoms with E-state index in [1.807, 2.05) is 23.5 Å². The lowest BCUT2D eigenvalue weighted by molar-refractivity contribution is 0.497. The third-order valence-corrected chi connectivity index (χ3v) is 4.19. The van der Waals surface area contributed by atoms with E-state index in [-0.39, 0.29) is 0 Å². The Kier molecular flexibility index (Phi) is 7.12. The number of aryl methyl sites for hydroxylation is 2. The zero-order chi connectivity index (χ0) is 13.5. The molecular formula is C13H24ClN3S. The smallest absolute Gasteiger partial charge is 0.0850 e. The second kappa shape index (κ2) is 8.08. The van der Waals surface area contributed by atoms with E-state index < -0.39 is 0 Å². The fourth-order valence-electron chi connectivity index (χ4n) is 2.10. The van der Waals surface area contributed by atoms with E-state index in [4.69, 9.17) is 11.6 Å². The van der Waals surface area contributed by atoms with E-state index in [1.54, 1.807) is 0 Å². The number of hydrogen-bond donors (Lipinski definition) is 1. The summed E-state index contributed by atoms with van der Waals surface area (Å²) in [5, 5.41) is 8.86. The third-order valence-electron chi connectivity index (χ3n) is 3.11. The Labute approximate surface area is 120 Å². The maximum absolute atomic E-state index is 6.39. The van der Waals surface area contributed by atoms with Gasteiger partial charge in [0.2, 0.25) is 0 Å². The molecule has 104 valence electrons. The van der Waals surface area contributed by atoms with E-state index in [1.165, 1.54) is 5.75 Å². The van der Waals surface area contributed by atoms with Crippen LogP contribution in [0, 0.1) is 0 Å². The summed E-state index contributed by atoms with van der Waals surface area (Å²) >= 11 is 8.28. The molecule has 0 aliphatic carbocycles. The summed E-state index contributed by atoms with van der Waals surface area (Å²) in [6.07, 6.45) is 5.16. The highest BCUT2D eigenvalue weighted by Crippen LogP contribution is 2.22. The Balaban J connectivity index is 2.76. The third kappa shape index (κ3) is 4.18. The highest BCUT2D eigenvalue weighted by molar-refractivity contribution is 7.98. The minimum absolute atomic E-state index is 0.486. The SMILES string of the molecule is CCNC(CCSC)Cc1c(Cl)c(CC)nn1C. The molecule has 1 N–H and O–H groups in total. The van der Waals surface area contributed by atoms with Crippen LogP contribution in [-0.4, -0.2) is 34.4 Å². The topological polar surface area (TPSA) is 29.9 Å². The van der Waals surface area contributed by atoms with Crippen molar-refractivity contribution in [2.75, 3.05) is 18.6 Å². The van der Waals surface area contributed by atoms with Crippen molar-refractivity contribution in [2.24, 2.45) is 7.05 Å². The summed E-state index contributed by atoms with van der Waals surface area (Å²) in [4.78, 5) is 0. The van der Waals surface area contributed by atoms with Crippen molar-refractivity contribution in [3.8, 4) is 0 Å². The molecular weight excluding hydrogens is 266 g/mol. The van der Waals surface area contributed by atoms with Gasteiger partial charge >= 0.3 is 0 Å². The van der Waals surface area contributed by atoms with Crippen molar-refractivity contribution in [3.05, 3.63) is 16.4 Å². The van der Waals surface area contributed by atoms with Crippen molar-refractivity contribution in [3.63, 3.8) is 0 Å². The van der Waals surface area contributed by atoms with Gasteiger partial charge in [0, 0.05) is 19.5 Å². The molecule has 1 aromatic rings. The van der Waals surface area contributed by atoms with Crippen molar-refractivity contribution < 1.29 is 0 Å². The molecule has 1 unspecified atom stereocenters. The van der Waals surface area contributed by atoms with Gasteiger partial charge in [0.15, 0.2) is 0 Å². The van der Waals surface area contributed by atoms with Crippen LogP contribution in [0.25, 0.3) is 0 Å². The van der Waals surface area contributed by atoms with Crippen molar-refractivity contribution in [1.82, 2.24) is 15.1 Å². The van der Waals surface area contributed by atoms with Crippen molar-refractivity contribution in [2.45, 2.75) is 39.2 Å². The molecule has 1 atom stereocenters. The summed E-state index contributed by atoms with van der Waals surface area (Å²) < 4.78 is 1.94. The van der Waals surface area contributed by atoms with Gasteiger partial charge in [0.05, 0.1) is 16.4 Å². The average molecular weight is 290 g/mol. The molecule has 0 saturated carbocycles. The zero-order valence-electron chi connectivity index (χ0n) is 11.8. The predicted octanol–water partition coefficient (Wildman–Crippen LogP) is 2.91. The first kappa shape index (κ1) is 15.9. The van der Waals surface area contributed by atoms with Gasteiger partial charge < -0.3 is 5.32 Å². The second-order valence-corrected chi connectivity index (χ2v) is 5.79. The number of hydrogen-bond acceptors (Lipinski definition) is 3. The Morgan fingerprint density at radius 3 is 2.67 bits per heavy atom. The van der Waals surface area contributed by atoms with Crippen LogP contribution in [0.5, 0.6) is 0 Å². The molecule has 1 aromatic heterocycles. The molecule has 18 heavy (non-hydrogen) atoms. The molecule has 0 aliphatic rings. The van der Waals surface area contributed by atoms with Crippen molar-refractivity contribution in [1.29, 1.82) is 0 Å². The number of likely N-dealkylation sites (N-methyl/N-ethyl adjacent to an activating group) is 1. The highest BCUT2D eigenvalue weighted by Gasteiger charge is 2.17. The molecule has 1 heterocycles. The lowest BCUT2D eigenvalue weighted by Crippen LogP contribution is -2.32. The first-order valence-electron chi connectivity index (χ1n) is 6.56. The van der Waals surface area contributed by atoms with Crippen LogP contribution >= 0.6 is 23.4 Å². The first-order chi connectivity index (χ1) is 8.63. The predicted molar refractivity (Wildman–Crippen MR) is 81.8 cm³/mol. The average Bonchev–Trinajstić information content (AvgIpc) is 2.63. The molecule has 0 amide bonds. The Morgan fingerprint density at radius 1 is 1.44 bits per heavy atom. The maximum atomic E-state index is 6.39. The van der Waals surface area contributed by atoms with Gasteiger partial charge in [0.1, 0.15) is 0 Å². The molecule has 0 fully saturated rings. The zero-order valence-corrected chi connectivity index (χ0v) is 13.4. The summed E-state index contributed by atoms with van der Waals surface area (Å²) in [6, 6.07) is 0.486. The fourth-order valence-corrected chi connectivity index (χ4v) is 2.99. The number of nitrogens with zero attached hydrogens (tertiary/aromatic N) is 2. The molecule has 1 rings (SSSR count). The van der Waals surface area contributed by atoms with E-state index in [2.05, 4.69) is 30.5 Å². The van der Waals surface area contributed by atoms with Crippen LogP contribution in [-0.2, 0) is 19.9 Å². The molecule has 0 saturated heterocycles. The van der Waals surface area contributed by atoms with E-state index in [0.29, 0.717) is 6.04 Å². The lowest BCUT2D eigenvalue weighted by atomic mass is 10.1. The van der Waals surface area contributed by atoms with Crippen LogP contribution in [0.15, 0.2) is 0 Å². The van der Waals surface area contributed by atoms with E-state index in [9.17, 15) is 0 Å². The van der Waals surface area contributed by atoms with Crippen molar-refractivity contribution >= 4 is 23.4 Å². The fraction of sp³-hybridized carbons (Fsp3) is 0.769. The van der Waals surface area contributed by atoms with Gasteiger partial charge in [-0.25, -0.2) is 0 Å². The normalized spacial score (nSPS) is 12.9. The monoisotopic (exact) mass is 289 g/mol. The van der Waals surface area contributed by atoms with E-state index >= 15 is 0 Å². The number of halogens is 1. The standard InChI is InChI=1S/C13H24ClN3S/c1-5-11-13(14)12(17(3)16-11)9-10(15-6-2)7-8-18-4/h10,15H,5-9H2,1-4H3. The molecule has 0 aliphatic heterocycles. The minimum Gasteiger partial charge on any atom is -0.314 e. The van der Waals surface area contributed by atoms with Crippen LogP contribution in [0.2, 0.25) is 5.02 Å². The summed E-state index contributed by atoms with van der Waals surface area (Å²) in [7, 11) is 1.98. The summed E-state index contributed by atoms with van der Waals surface area (Å²) in [5.41, 5.74) is 2.16. The molecule has 5 heteroatoms. The first-order valence-corrected chi connectivity index (χ1v) is 8.33. The minimum atomic E-state index is 0.486. The van der Waals surface area contributed by atoms with Crippen LogP contribution in [0.3, 0.4) is 0 Å². The largest absolute Gasteiger partial charge is 0.314 e. The number of aromatic nitrogens is 2. The van der Waals surface area contributed by atoms with Gasteiger partial charge in [-0.15, -0.1) is 0 Å². The molecule has 0 bridgehead atoms. The molecule has 3 nitrogen and oxygen atoms in total. The number of thioether (sulfide) groups is 1. The summed E-state index contributed by atoms with van der Waals surface area (Å²) in [6.45, 7) is 5.23. The second-order valence-electron chi connectivity index (χ2n) is 4.42. The van der Waals surface area contributed by atoms with Crippen LogP contribution in [0.1, 0.15) is 31.7 Å². The van der Waals surface area contributed by atoms with Gasteiger partial charge in [-0.2, -0.15) is 16.9 Å². The van der Waals surface area contributed by atoms with Gasteiger partial charge in [-0.1, -0.05) is 25.4 Å². The van der Waals surface area contributed by atoms with Gasteiger partial charge in [0.25, 0.3) is 0 Å². The Bertz CT molecular complexity index is 365. The van der Waals surface area contributed by atoms with Crippen LogP contribution < -0.4 is 5.32 Å². The molecule has 0 radical (unpaired) electrons.